The highest BCUT2D eigenvalue weighted by Gasteiger charge is 2.40. The van der Waals surface area contributed by atoms with E-state index >= 15 is 4.39 Å². The minimum atomic E-state index is -1.12. The molecular formula is C27H34FN5O3. The van der Waals surface area contributed by atoms with Crippen LogP contribution in [0.1, 0.15) is 56.5 Å². The van der Waals surface area contributed by atoms with Gasteiger partial charge in [-0.3, -0.25) is 24.9 Å². The number of benzene rings is 1. The van der Waals surface area contributed by atoms with Crippen molar-refractivity contribution in [1.82, 2.24) is 20.2 Å². The Hall–Kier alpha value is -3.30. The van der Waals surface area contributed by atoms with Crippen molar-refractivity contribution in [2.24, 2.45) is 0 Å². The number of H-pyrrole nitrogens is 1. The van der Waals surface area contributed by atoms with Crippen molar-refractivity contribution in [2.45, 2.75) is 58.6 Å². The molecule has 2 unspecified atom stereocenters. The van der Waals surface area contributed by atoms with Crippen molar-refractivity contribution in [3.05, 3.63) is 59.3 Å². The smallest absolute Gasteiger partial charge is 0.328 e. The van der Waals surface area contributed by atoms with E-state index in [4.69, 9.17) is 0 Å². The van der Waals surface area contributed by atoms with Crippen LogP contribution in [0.3, 0.4) is 0 Å². The van der Waals surface area contributed by atoms with Crippen molar-refractivity contribution >= 4 is 28.5 Å². The molecule has 5 rings (SSSR count). The van der Waals surface area contributed by atoms with Gasteiger partial charge in [-0.2, -0.15) is 0 Å². The number of amides is 3. The molecule has 192 valence electrons. The molecule has 3 amide bonds. The van der Waals surface area contributed by atoms with Crippen molar-refractivity contribution in [3.8, 4) is 0 Å². The van der Waals surface area contributed by atoms with Crippen LogP contribution in [-0.4, -0.2) is 57.1 Å². The Morgan fingerprint density at radius 3 is 2.67 bits per heavy atom. The molecule has 0 aliphatic carbocycles. The molecule has 0 spiro atoms. The molecule has 2 aliphatic heterocycles. The van der Waals surface area contributed by atoms with E-state index in [-0.39, 0.29) is 24.8 Å². The van der Waals surface area contributed by atoms with Gasteiger partial charge in [-0.25, -0.2) is 9.18 Å². The van der Waals surface area contributed by atoms with E-state index in [2.05, 4.69) is 20.2 Å². The van der Waals surface area contributed by atoms with Gasteiger partial charge in [0, 0.05) is 49.2 Å². The summed E-state index contributed by atoms with van der Waals surface area (Å²) in [6, 6.07) is 8.53. The third kappa shape index (κ3) is 4.99. The molecule has 0 saturated carbocycles. The average Bonchev–Trinajstić information content (AvgIpc) is 3.34. The van der Waals surface area contributed by atoms with Gasteiger partial charge in [-0.15, -0.1) is 0 Å². The van der Waals surface area contributed by atoms with Crippen molar-refractivity contribution in [2.75, 3.05) is 24.5 Å². The SMILES string of the molecule is CC.Cc1nc2ccc(C3CCN(Cc4ccc[nH]4)CC3(C)O)c(F)c2cc1N1CCC(=O)NC1=O. The zero-order valence-electron chi connectivity index (χ0n) is 21.3. The van der Waals surface area contributed by atoms with Gasteiger partial charge < -0.3 is 10.1 Å². The summed E-state index contributed by atoms with van der Waals surface area (Å²) in [4.78, 5) is 35.2. The van der Waals surface area contributed by atoms with Gasteiger partial charge in [0.15, 0.2) is 0 Å². The van der Waals surface area contributed by atoms with Gasteiger partial charge in [0.2, 0.25) is 5.91 Å². The maximum Gasteiger partial charge on any atom is 0.328 e. The Kier molecular flexibility index (Phi) is 7.42. The number of aryl methyl sites for hydroxylation is 1. The van der Waals surface area contributed by atoms with Crippen LogP contribution in [0.15, 0.2) is 36.5 Å². The predicted molar refractivity (Wildman–Crippen MR) is 137 cm³/mol. The molecule has 2 aromatic heterocycles. The summed E-state index contributed by atoms with van der Waals surface area (Å²) in [5, 5.41) is 13.9. The number of aromatic nitrogens is 2. The fourth-order valence-corrected chi connectivity index (χ4v) is 5.25. The van der Waals surface area contributed by atoms with Crippen molar-refractivity contribution in [1.29, 1.82) is 0 Å². The Morgan fingerprint density at radius 2 is 2.00 bits per heavy atom. The van der Waals surface area contributed by atoms with E-state index in [1.807, 2.05) is 32.2 Å². The number of hydrogen-bond donors (Lipinski definition) is 3. The number of aromatic amines is 1. The lowest BCUT2D eigenvalue weighted by Gasteiger charge is -2.43. The number of pyridine rings is 1. The maximum absolute atomic E-state index is 15.9. The number of urea groups is 1. The molecular weight excluding hydrogens is 461 g/mol. The van der Waals surface area contributed by atoms with E-state index in [9.17, 15) is 14.7 Å². The highest BCUT2D eigenvalue weighted by atomic mass is 19.1. The number of likely N-dealkylation sites (tertiary alicyclic amines) is 1. The highest BCUT2D eigenvalue weighted by molar-refractivity contribution is 6.06. The lowest BCUT2D eigenvalue weighted by atomic mass is 9.77. The number of halogens is 1. The van der Waals surface area contributed by atoms with Gasteiger partial charge >= 0.3 is 6.03 Å². The lowest BCUT2D eigenvalue weighted by Crippen LogP contribution is -2.50. The van der Waals surface area contributed by atoms with Crippen molar-refractivity contribution in [3.63, 3.8) is 0 Å². The van der Waals surface area contributed by atoms with E-state index in [1.54, 1.807) is 32.0 Å². The second kappa shape index (κ2) is 10.4. The number of rotatable bonds is 4. The Balaban J connectivity index is 0.00000148. The van der Waals surface area contributed by atoms with Gasteiger partial charge in [0.05, 0.1) is 22.5 Å². The fraction of sp³-hybridized carbons (Fsp3) is 0.444. The Morgan fingerprint density at radius 1 is 1.22 bits per heavy atom. The minimum Gasteiger partial charge on any atom is -0.388 e. The highest BCUT2D eigenvalue weighted by Crippen LogP contribution is 2.40. The van der Waals surface area contributed by atoms with Gasteiger partial charge in [-0.1, -0.05) is 19.9 Å². The molecule has 2 aliphatic rings. The second-order valence-corrected chi connectivity index (χ2v) is 9.49. The lowest BCUT2D eigenvalue weighted by molar-refractivity contribution is -0.120. The third-order valence-corrected chi connectivity index (χ3v) is 6.93. The van der Waals surface area contributed by atoms with Crippen molar-refractivity contribution < 1.29 is 19.1 Å². The van der Waals surface area contributed by atoms with E-state index in [1.165, 1.54) is 4.90 Å². The number of β-amino-alcohol motifs (C(OH)–C–C–N with tert-alkyl or cyclic N) is 1. The second-order valence-electron chi connectivity index (χ2n) is 9.49. The Bertz CT molecular complexity index is 1260. The number of carbonyl (C=O) groups is 2. The summed E-state index contributed by atoms with van der Waals surface area (Å²) in [5.41, 5.74) is 1.94. The first kappa shape index (κ1) is 25.8. The third-order valence-electron chi connectivity index (χ3n) is 6.93. The van der Waals surface area contributed by atoms with Crippen LogP contribution >= 0.6 is 0 Å². The van der Waals surface area contributed by atoms with Crippen LogP contribution in [0.25, 0.3) is 10.9 Å². The summed E-state index contributed by atoms with van der Waals surface area (Å²) >= 11 is 0. The molecule has 3 aromatic rings. The number of aliphatic hydroxyl groups is 1. The topological polar surface area (TPSA) is 102 Å². The average molecular weight is 496 g/mol. The van der Waals surface area contributed by atoms with Crippen LogP contribution in [0.4, 0.5) is 14.9 Å². The quantitative estimate of drug-likeness (QED) is 0.503. The largest absolute Gasteiger partial charge is 0.388 e. The number of anilines is 1. The van der Waals surface area contributed by atoms with E-state index < -0.39 is 17.4 Å². The first-order valence-corrected chi connectivity index (χ1v) is 12.5. The number of imide groups is 1. The van der Waals surface area contributed by atoms with Gasteiger partial charge in [0.25, 0.3) is 0 Å². The zero-order valence-corrected chi connectivity index (χ0v) is 21.3. The summed E-state index contributed by atoms with van der Waals surface area (Å²) in [5.74, 6) is -1.13. The predicted octanol–water partition coefficient (Wildman–Crippen LogP) is 4.22. The van der Waals surface area contributed by atoms with Crippen LogP contribution in [0.5, 0.6) is 0 Å². The monoisotopic (exact) mass is 495 g/mol. The molecule has 2 fully saturated rings. The number of nitrogens with zero attached hydrogens (tertiary/aromatic N) is 3. The molecule has 0 radical (unpaired) electrons. The van der Waals surface area contributed by atoms with Crippen LogP contribution < -0.4 is 10.2 Å². The zero-order chi connectivity index (χ0) is 26.0. The first-order valence-electron chi connectivity index (χ1n) is 12.5. The molecule has 0 bridgehead atoms. The molecule has 9 heteroatoms. The molecule has 2 atom stereocenters. The molecule has 2 saturated heterocycles. The van der Waals surface area contributed by atoms with Crippen LogP contribution in [0, 0.1) is 12.7 Å². The standard InChI is InChI=1S/C25H28FN5O3.C2H6/c1-15-21(31-11-8-22(32)29-24(31)33)12-18-20(28-15)6-5-17(23(18)26)19-7-10-30(14-25(19,2)34)13-16-4-3-9-27-16;1-2/h3-6,9,12,19,27,34H,7-8,10-11,13-14H2,1-2H3,(H,29,32,33);1-2H3. The molecule has 8 nitrogen and oxygen atoms in total. The number of piperidine rings is 1. The molecule has 1 aromatic carbocycles. The van der Waals surface area contributed by atoms with Gasteiger partial charge in [0.1, 0.15) is 5.82 Å². The van der Waals surface area contributed by atoms with Crippen LogP contribution in [0.2, 0.25) is 0 Å². The summed E-state index contributed by atoms with van der Waals surface area (Å²) in [7, 11) is 0. The number of fused-ring (bicyclic) bond motifs is 1. The number of nitrogens with one attached hydrogen (secondary N) is 2. The summed E-state index contributed by atoms with van der Waals surface area (Å²) < 4.78 is 15.9. The summed E-state index contributed by atoms with van der Waals surface area (Å²) in [6.45, 7) is 9.59. The van der Waals surface area contributed by atoms with Gasteiger partial charge in [-0.05, 0) is 56.6 Å². The maximum atomic E-state index is 15.9. The van der Waals surface area contributed by atoms with E-state index in [0.717, 1.165) is 12.2 Å². The molecule has 3 N–H and O–H groups in total. The minimum absolute atomic E-state index is 0.176. The summed E-state index contributed by atoms with van der Waals surface area (Å²) in [6.07, 6.45) is 2.66. The van der Waals surface area contributed by atoms with E-state index in [0.29, 0.717) is 47.4 Å². The fourth-order valence-electron chi connectivity index (χ4n) is 5.25. The molecule has 36 heavy (non-hydrogen) atoms. The first-order chi connectivity index (χ1) is 17.2. The number of hydrogen-bond acceptors (Lipinski definition) is 5. The Labute approximate surface area is 210 Å². The normalized spacial score (nSPS) is 22.8. The molecule has 4 heterocycles. The number of carbonyl (C=O) groups excluding carboxylic acids is 2. The van der Waals surface area contributed by atoms with Crippen LogP contribution in [-0.2, 0) is 11.3 Å².